The maximum atomic E-state index is 15.2. The molecular weight excluding hydrogens is 440 g/mol. The summed E-state index contributed by atoms with van der Waals surface area (Å²) in [7, 11) is -3.38. The maximum absolute atomic E-state index is 15.2. The number of ether oxygens (including phenoxy) is 1. The zero-order valence-electron chi connectivity index (χ0n) is 16.9. The van der Waals surface area contributed by atoms with Crippen LogP contribution in [0.15, 0.2) is 64.3 Å². The van der Waals surface area contributed by atoms with E-state index in [1.54, 1.807) is 6.92 Å². The Balaban J connectivity index is 2.07. The minimum absolute atomic E-state index is 0.0289. The van der Waals surface area contributed by atoms with E-state index in [2.05, 4.69) is 4.98 Å². The number of aromatic nitrogens is 1. The summed E-state index contributed by atoms with van der Waals surface area (Å²) in [5.41, 5.74) is 0.761. The van der Waals surface area contributed by atoms with Crippen molar-refractivity contribution in [3.63, 3.8) is 0 Å². The van der Waals surface area contributed by atoms with Crippen LogP contribution in [0, 0.1) is 18.6 Å². The third kappa shape index (κ3) is 3.76. The number of fused-ring (bicyclic) bond motifs is 1. The predicted octanol–water partition coefficient (Wildman–Crippen LogP) is 4.70. The first-order valence-corrected chi connectivity index (χ1v) is 10.8. The molecule has 6 nitrogen and oxygen atoms in total. The Labute approximate surface area is 181 Å². The molecule has 164 valence electrons. The first-order chi connectivity index (χ1) is 15.1. The Kier molecular flexibility index (Phi) is 5.31. The van der Waals surface area contributed by atoms with Crippen LogP contribution < -0.4 is 10.3 Å². The molecule has 1 heterocycles. The summed E-state index contributed by atoms with van der Waals surface area (Å²) in [6.07, 6.45) is 0. The summed E-state index contributed by atoms with van der Waals surface area (Å²) in [5, 5.41) is 0.266. The van der Waals surface area contributed by atoms with Gasteiger partial charge in [0.05, 0.1) is 7.11 Å². The van der Waals surface area contributed by atoms with Gasteiger partial charge in [0, 0.05) is 33.7 Å². The number of pyridine rings is 1. The minimum atomic E-state index is -4.71. The number of aryl methyl sites for hydroxylation is 1. The van der Waals surface area contributed by atoms with Crippen LogP contribution in [0.2, 0.25) is 0 Å². The van der Waals surface area contributed by atoms with Crippen LogP contribution in [0.3, 0.4) is 0 Å². The molecule has 0 bridgehead atoms. The fourth-order valence-corrected chi connectivity index (χ4v) is 4.38. The second kappa shape index (κ2) is 7.85. The number of benzene rings is 3. The molecule has 0 saturated carbocycles. The number of aromatic amines is 1. The molecule has 1 aromatic heterocycles. The quantitative estimate of drug-likeness (QED) is 0.433. The standard InChI is InChI=1S/C23H17F2NO5S/c1-12-9-13(3-5-17(12)24)15-11-20(31-2)16(10-18(15)25)23-14-4-8-22(27)26-19(14)6-7-21(23)32(28,29)30/h3-11H,1-2H3,(H,26,27)(H,28,29,30). The molecule has 9 heteroatoms. The second-order valence-electron chi connectivity index (χ2n) is 7.19. The predicted molar refractivity (Wildman–Crippen MR) is 116 cm³/mol. The molecule has 0 aliphatic heterocycles. The molecule has 0 saturated heterocycles. The Hall–Kier alpha value is -3.56. The van der Waals surface area contributed by atoms with Crippen molar-refractivity contribution in [2.24, 2.45) is 0 Å². The monoisotopic (exact) mass is 457 g/mol. The third-order valence-electron chi connectivity index (χ3n) is 5.17. The van der Waals surface area contributed by atoms with Crippen LogP contribution >= 0.6 is 0 Å². The van der Waals surface area contributed by atoms with E-state index in [0.717, 1.165) is 12.1 Å². The molecule has 0 spiro atoms. The first-order valence-electron chi connectivity index (χ1n) is 9.38. The van der Waals surface area contributed by atoms with E-state index in [4.69, 9.17) is 4.74 Å². The largest absolute Gasteiger partial charge is 0.496 e. The highest BCUT2D eigenvalue weighted by Gasteiger charge is 2.24. The highest BCUT2D eigenvalue weighted by atomic mass is 32.2. The van der Waals surface area contributed by atoms with Gasteiger partial charge in [-0.05, 0) is 60.5 Å². The van der Waals surface area contributed by atoms with Crippen LogP contribution in [0.1, 0.15) is 5.56 Å². The average molecular weight is 457 g/mol. The average Bonchev–Trinajstić information content (AvgIpc) is 2.74. The zero-order chi connectivity index (χ0) is 23.2. The lowest BCUT2D eigenvalue weighted by molar-refractivity contribution is 0.415. The fraction of sp³-hybridized carbons (Fsp3) is 0.0870. The molecule has 4 aromatic rings. The summed E-state index contributed by atoms with van der Waals surface area (Å²) in [6.45, 7) is 1.55. The van der Waals surface area contributed by atoms with E-state index >= 15 is 4.39 Å². The van der Waals surface area contributed by atoms with E-state index in [9.17, 15) is 22.2 Å². The number of methoxy groups -OCH3 is 1. The summed E-state index contributed by atoms with van der Waals surface area (Å²) in [4.78, 5) is 13.8. The smallest absolute Gasteiger partial charge is 0.295 e. The van der Waals surface area contributed by atoms with E-state index in [1.807, 2.05) is 0 Å². The van der Waals surface area contributed by atoms with Gasteiger partial charge in [-0.3, -0.25) is 9.35 Å². The van der Waals surface area contributed by atoms with E-state index < -0.39 is 32.2 Å². The normalized spacial score (nSPS) is 11.7. The maximum Gasteiger partial charge on any atom is 0.295 e. The Morgan fingerprint density at radius 3 is 2.34 bits per heavy atom. The van der Waals surface area contributed by atoms with Crippen molar-refractivity contribution in [2.45, 2.75) is 11.8 Å². The molecular formula is C23H17F2NO5S. The van der Waals surface area contributed by atoms with Gasteiger partial charge in [-0.15, -0.1) is 0 Å². The summed E-state index contributed by atoms with van der Waals surface area (Å²) >= 11 is 0. The molecule has 0 fully saturated rings. The topological polar surface area (TPSA) is 96.5 Å². The molecule has 0 radical (unpaired) electrons. The minimum Gasteiger partial charge on any atom is -0.496 e. The van der Waals surface area contributed by atoms with Crippen LogP contribution in [0.25, 0.3) is 33.2 Å². The lowest BCUT2D eigenvalue weighted by Gasteiger charge is -2.17. The van der Waals surface area contributed by atoms with E-state index in [-0.39, 0.29) is 27.8 Å². The number of nitrogens with one attached hydrogen (secondary N) is 1. The summed E-state index contributed by atoms with van der Waals surface area (Å²) < 4.78 is 68.3. The highest BCUT2D eigenvalue weighted by molar-refractivity contribution is 7.86. The molecule has 0 aliphatic rings. The summed E-state index contributed by atoms with van der Waals surface area (Å²) in [6, 6.07) is 11.6. The van der Waals surface area contributed by atoms with Crippen LogP contribution in [-0.4, -0.2) is 25.1 Å². The molecule has 0 amide bonds. The number of hydrogen-bond donors (Lipinski definition) is 2. The van der Waals surface area contributed by atoms with Crippen molar-refractivity contribution >= 4 is 21.0 Å². The summed E-state index contributed by atoms with van der Waals surface area (Å²) in [5.74, 6) is -1.03. The van der Waals surface area contributed by atoms with Crippen molar-refractivity contribution in [3.05, 3.63) is 82.1 Å². The van der Waals surface area contributed by atoms with Gasteiger partial charge in [-0.1, -0.05) is 6.07 Å². The lowest BCUT2D eigenvalue weighted by atomic mass is 9.95. The molecule has 0 unspecified atom stereocenters. The van der Waals surface area contributed by atoms with Gasteiger partial charge in [0.15, 0.2) is 0 Å². The van der Waals surface area contributed by atoms with Gasteiger partial charge in [0.2, 0.25) is 5.56 Å². The molecule has 0 atom stereocenters. The van der Waals surface area contributed by atoms with Gasteiger partial charge in [-0.2, -0.15) is 8.42 Å². The Morgan fingerprint density at radius 1 is 0.938 bits per heavy atom. The van der Waals surface area contributed by atoms with Crippen molar-refractivity contribution in [3.8, 4) is 28.0 Å². The number of halogens is 2. The van der Waals surface area contributed by atoms with Crippen LogP contribution in [0.5, 0.6) is 5.75 Å². The molecule has 2 N–H and O–H groups in total. The highest BCUT2D eigenvalue weighted by Crippen LogP contribution is 2.42. The molecule has 4 rings (SSSR count). The van der Waals surface area contributed by atoms with E-state index in [0.29, 0.717) is 16.6 Å². The van der Waals surface area contributed by atoms with Crippen molar-refractivity contribution in [1.29, 1.82) is 0 Å². The number of H-pyrrole nitrogens is 1. The van der Waals surface area contributed by atoms with Crippen LogP contribution in [-0.2, 0) is 10.1 Å². The molecule has 32 heavy (non-hydrogen) atoms. The van der Waals surface area contributed by atoms with Gasteiger partial charge in [0.25, 0.3) is 10.1 Å². The molecule has 3 aromatic carbocycles. The van der Waals surface area contributed by atoms with E-state index in [1.165, 1.54) is 49.6 Å². The SMILES string of the molecule is COc1cc(-c2ccc(F)c(C)c2)c(F)cc1-c1c(S(=O)(=O)O)ccc2[nH]c(=O)ccc12. The third-order valence-corrected chi connectivity index (χ3v) is 6.07. The van der Waals surface area contributed by atoms with Gasteiger partial charge < -0.3 is 9.72 Å². The van der Waals surface area contributed by atoms with Gasteiger partial charge in [0.1, 0.15) is 22.3 Å². The van der Waals surface area contributed by atoms with Crippen molar-refractivity contribution in [2.75, 3.05) is 7.11 Å². The lowest BCUT2D eigenvalue weighted by Crippen LogP contribution is -2.07. The number of hydrogen-bond acceptors (Lipinski definition) is 4. The molecule has 0 aliphatic carbocycles. The van der Waals surface area contributed by atoms with Crippen molar-refractivity contribution in [1.82, 2.24) is 4.98 Å². The Bertz CT molecular complexity index is 1540. The first kappa shape index (κ1) is 21.7. The number of rotatable bonds is 4. The van der Waals surface area contributed by atoms with Crippen molar-refractivity contribution < 1.29 is 26.5 Å². The van der Waals surface area contributed by atoms with Gasteiger partial charge >= 0.3 is 0 Å². The fourth-order valence-electron chi connectivity index (χ4n) is 3.66. The second-order valence-corrected chi connectivity index (χ2v) is 8.58. The van der Waals surface area contributed by atoms with Crippen LogP contribution in [0.4, 0.5) is 8.78 Å². The van der Waals surface area contributed by atoms with Gasteiger partial charge in [-0.25, -0.2) is 8.78 Å². The Morgan fingerprint density at radius 2 is 1.69 bits per heavy atom. The zero-order valence-corrected chi connectivity index (χ0v) is 17.8.